The molecule has 0 unspecified atom stereocenters. The van der Waals surface area contributed by atoms with Crippen LogP contribution in [0.4, 0.5) is 0 Å². The third-order valence-electron chi connectivity index (χ3n) is 5.96. The monoisotopic (exact) mass is 414 g/mol. The summed E-state index contributed by atoms with van der Waals surface area (Å²) in [5.74, 6) is -0.822. The van der Waals surface area contributed by atoms with E-state index in [0.29, 0.717) is 12.0 Å². The number of hydrogen-bond acceptors (Lipinski definition) is 4. The van der Waals surface area contributed by atoms with Crippen molar-refractivity contribution in [2.24, 2.45) is 16.8 Å². The van der Waals surface area contributed by atoms with Gasteiger partial charge >= 0.3 is 0 Å². The molecular formula is C24H22N4O3. The van der Waals surface area contributed by atoms with E-state index in [1.54, 1.807) is 24.3 Å². The summed E-state index contributed by atoms with van der Waals surface area (Å²) in [4.78, 5) is 25.4. The number of nitrogens with zero attached hydrogens (tertiary/aromatic N) is 1. The fourth-order valence-electron chi connectivity index (χ4n) is 4.61. The Morgan fingerprint density at radius 1 is 1.13 bits per heavy atom. The van der Waals surface area contributed by atoms with E-state index in [2.05, 4.69) is 15.8 Å². The normalized spacial score (nSPS) is 24.7. The number of piperidine rings is 1. The maximum atomic E-state index is 13.1. The highest BCUT2D eigenvalue weighted by molar-refractivity contribution is 6.06. The molecule has 4 N–H and O–H groups in total. The molecule has 5 rings (SSSR count). The van der Waals surface area contributed by atoms with Crippen LogP contribution >= 0.6 is 0 Å². The van der Waals surface area contributed by atoms with Gasteiger partial charge in [-0.15, -0.1) is 0 Å². The average Bonchev–Trinajstić information content (AvgIpc) is 2.76. The first kappa shape index (κ1) is 19.1. The number of amidine groups is 1. The predicted molar refractivity (Wildman–Crippen MR) is 118 cm³/mol. The second kappa shape index (κ2) is 7.12. The Kier molecular flexibility index (Phi) is 4.39. The minimum atomic E-state index is -0.818. The fraction of sp³-hybridized carbons (Fsp3) is 0.208. The molecule has 3 aromatic rings. The summed E-state index contributed by atoms with van der Waals surface area (Å²) in [5, 5.41) is 9.10. The Morgan fingerprint density at radius 2 is 1.87 bits per heavy atom. The zero-order valence-electron chi connectivity index (χ0n) is 17.0. The number of rotatable bonds is 3. The van der Waals surface area contributed by atoms with Crippen LogP contribution in [-0.4, -0.2) is 23.4 Å². The second-order valence-electron chi connectivity index (χ2n) is 8.15. The first-order valence-electron chi connectivity index (χ1n) is 10.2. The van der Waals surface area contributed by atoms with E-state index < -0.39 is 11.6 Å². The lowest BCUT2D eigenvalue weighted by atomic mass is 9.73. The molecule has 1 saturated heterocycles. The van der Waals surface area contributed by atoms with Gasteiger partial charge in [-0.25, -0.2) is 5.43 Å². The number of hydrazone groups is 1. The summed E-state index contributed by atoms with van der Waals surface area (Å²) in [7, 11) is 0. The van der Waals surface area contributed by atoms with Crippen molar-refractivity contribution in [2.75, 3.05) is 0 Å². The van der Waals surface area contributed by atoms with Crippen LogP contribution < -0.4 is 21.2 Å². The van der Waals surface area contributed by atoms with Gasteiger partial charge < -0.3 is 15.8 Å². The number of benzene rings is 3. The van der Waals surface area contributed by atoms with Crippen LogP contribution in [0.1, 0.15) is 35.2 Å². The third-order valence-corrected chi connectivity index (χ3v) is 5.96. The number of carbonyl (C=O) groups is 2. The molecular weight excluding hydrogens is 392 g/mol. The van der Waals surface area contributed by atoms with Crippen molar-refractivity contribution in [1.29, 1.82) is 0 Å². The van der Waals surface area contributed by atoms with E-state index in [4.69, 9.17) is 10.5 Å². The van der Waals surface area contributed by atoms with Crippen LogP contribution in [0.5, 0.6) is 5.75 Å². The van der Waals surface area contributed by atoms with Crippen molar-refractivity contribution in [3.8, 4) is 5.75 Å². The molecule has 0 radical (unpaired) electrons. The molecule has 2 amide bonds. The number of nitrogens with two attached hydrogens (primary N) is 1. The van der Waals surface area contributed by atoms with Crippen molar-refractivity contribution in [3.63, 3.8) is 0 Å². The quantitative estimate of drug-likeness (QED) is 0.348. The number of nitrogens with one attached hydrogen (secondary N) is 2. The lowest BCUT2D eigenvalue weighted by molar-refractivity contribution is -0.136. The second-order valence-corrected chi connectivity index (χ2v) is 8.15. The zero-order chi connectivity index (χ0) is 21.6. The van der Waals surface area contributed by atoms with Crippen molar-refractivity contribution in [2.45, 2.75) is 25.0 Å². The molecule has 31 heavy (non-hydrogen) atoms. The fourth-order valence-corrected chi connectivity index (χ4v) is 4.61. The first-order chi connectivity index (χ1) is 15.0. The highest BCUT2D eigenvalue weighted by Gasteiger charge is 2.51. The molecule has 0 aromatic heterocycles. The molecule has 0 saturated carbocycles. The summed E-state index contributed by atoms with van der Waals surface area (Å²) < 4.78 is 6.17. The molecule has 7 heteroatoms. The molecule has 2 aliphatic rings. The third kappa shape index (κ3) is 3.28. The van der Waals surface area contributed by atoms with E-state index >= 15 is 0 Å². The van der Waals surface area contributed by atoms with Crippen LogP contribution in [0.3, 0.4) is 0 Å². The number of hydrogen-bond donors (Lipinski definition) is 3. The Hall–Kier alpha value is -3.87. The standard InChI is InChI=1S/C24H22N4O3/c1-24-13-17(19-16-10-6-5-7-14(16)11-12-18(19)31-24)20(23(30)26-24)21(25)27-28-22(29)15-8-3-2-4-9-15/h2-12,17,20H,13H2,1H3,(H2,25,27)(H,26,30)(H,28,29)/t17-,20+,24-/m0/s1. The molecule has 1 fully saturated rings. The van der Waals surface area contributed by atoms with Crippen molar-refractivity contribution in [1.82, 2.24) is 10.7 Å². The predicted octanol–water partition coefficient (Wildman–Crippen LogP) is 2.87. The SMILES string of the molecule is C[C@@]12C[C@@H](c3c(ccc4ccccc34)O1)[C@H](C(N)=NNC(=O)c1ccccc1)C(=O)N2. The number of fused-ring (bicyclic) bond motifs is 6. The summed E-state index contributed by atoms with van der Waals surface area (Å²) in [6, 6.07) is 20.6. The van der Waals surface area contributed by atoms with E-state index in [9.17, 15) is 9.59 Å². The molecule has 7 nitrogen and oxygen atoms in total. The molecule has 3 atom stereocenters. The van der Waals surface area contributed by atoms with Gasteiger partial charge in [0.25, 0.3) is 5.91 Å². The van der Waals surface area contributed by atoms with Gasteiger partial charge in [0.2, 0.25) is 5.91 Å². The van der Waals surface area contributed by atoms with Crippen LogP contribution in [0.15, 0.2) is 71.8 Å². The van der Waals surface area contributed by atoms with Gasteiger partial charge in [-0.05, 0) is 35.9 Å². The minimum Gasteiger partial charge on any atom is -0.468 e. The van der Waals surface area contributed by atoms with Gasteiger partial charge in [0.1, 0.15) is 17.5 Å². The van der Waals surface area contributed by atoms with E-state index in [1.165, 1.54) is 0 Å². The Labute approximate surface area is 179 Å². The Balaban J connectivity index is 1.53. The van der Waals surface area contributed by atoms with Gasteiger partial charge in [-0.2, -0.15) is 5.10 Å². The molecule has 3 aromatic carbocycles. The topological polar surface area (TPSA) is 106 Å². The molecule has 0 spiro atoms. The molecule has 0 aliphatic carbocycles. The maximum Gasteiger partial charge on any atom is 0.271 e. The van der Waals surface area contributed by atoms with E-state index in [1.807, 2.05) is 49.4 Å². The van der Waals surface area contributed by atoms with E-state index in [-0.39, 0.29) is 23.6 Å². The number of amides is 2. The summed E-state index contributed by atoms with van der Waals surface area (Å²) >= 11 is 0. The Bertz CT molecular complexity index is 1220. The largest absolute Gasteiger partial charge is 0.468 e. The van der Waals surface area contributed by atoms with Crippen LogP contribution in [0.2, 0.25) is 0 Å². The van der Waals surface area contributed by atoms with Crippen LogP contribution in [0.25, 0.3) is 10.8 Å². The summed E-state index contributed by atoms with van der Waals surface area (Å²) in [6.07, 6.45) is 0.549. The van der Waals surface area contributed by atoms with Crippen molar-refractivity contribution < 1.29 is 14.3 Å². The highest BCUT2D eigenvalue weighted by Crippen LogP contribution is 2.49. The smallest absolute Gasteiger partial charge is 0.271 e. The maximum absolute atomic E-state index is 13.1. The van der Waals surface area contributed by atoms with E-state index in [0.717, 1.165) is 22.1 Å². The first-order valence-corrected chi connectivity index (χ1v) is 10.2. The molecule has 2 heterocycles. The summed E-state index contributed by atoms with van der Waals surface area (Å²) in [5.41, 5.74) is 9.34. The lowest BCUT2D eigenvalue weighted by Crippen LogP contribution is -2.62. The van der Waals surface area contributed by atoms with Crippen LogP contribution in [-0.2, 0) is 4.79 Å². The van der Waals surface area contributed by atoms with Gasteiger partial charge in [0.05, 0.1) is 0 Å². The van der Waals surface area contributed by atoms with Crippen molar-refractivity contribution >= 4 is 28.4 Å². The van der Waals surface area contributed by atoms with Gasteiger partial charge in [-0.3, -0.25) is 9.59 Å². The molecule has 2 bridgehead atoms. The molecule has 2 aliphatic heterocycles. The average molecular weight is 414 g/mol. The van der Waals surface area contributed by atoms with Gasteiger partial charge in [0, 0.05) is 23.5 Å². The lowest BCUT2D eigenvalue weighted by Gasteiger charge is -2.47. The van der Waals surface area contributed by atoms with Crippen molar-refractivity contribution in [3.05, 3.63) is 77.9 Å². The van der Waals surface area contributed by atoms with Gasteiger partial charge in [0.15, 0.2) is 5.72 Å². The molecule has 156 valence electrons. The number of carbonyl (C=O) groups excluding carboxylic acids is 2. The minimum absolute atomic E-state index is 0.0645. The zero-order valence-corrected chi connectivity index (χ0v) is 17.0. The number of ether oxygens (including phenoxy) is 1. The summed E-state index contributed by atoms with van der Waals surface area (Å²) in [6.45, 7) is 1.86. The van der Waals surface area contributed by atoms with Crippen LogP contribution in [0, 0.1) is 5.92 Å². The highest BCUT2D eigenvalue weighted by atomic mass is 16.5. The van der Waals surface area contributed by atoms with Gasteiger partial charge in [-0.1, -0.05) is 48.5 Å². The Morgan fingerprint density at radius 3 is 2.68 bits per heavy atom.